The first-order valence-electron chi connectivity index (χ1n) is 8.39. The van der Waals surface area contributed by atoms with E-state index in [-0.39, 0.29) is 36.7 Å². The molecule has 1 saturated heterocycles. The number of aliphatic hydroxyl groups excluding tert-OH is 1. The smallest absolute Gasteiger partial charge is 0.249 e. The minimum atomic E-state index is -0.355. The molecule has 0 unspecified atom stereocenters. The summed E-state index contributed by atoms with van der Waals surface area (Å²) < 4.78 is 5.95. The molecule has 1 aliphatic heterocycles. The van der Waals surface area contributed by atoms with Crippen LogP contribution in [0, 0.1) is 5.92 Å². The molecule has 1 aromatic carbocycles. The van der Waals surface area contributed by atoms with Crippen molar-refractivity contribution >= 4 is 5.91 Å². The largest absolute Gasteiger partial charge is 0.396 e. The van der Waals surface area contributed by atoms with Crippen molar-refractivity contribution in [2.45, 2.75) is 56.8 Å². The van der Waals surface area contributed by atoms with Crippen LogP contribution in [0.5, 0.6) is 0 Å². The first kappa shape index (κ1) is 15.5. The molecule has 3 rings (SSSR count). The fourth-order valence-electron chi connectivity index (χ4n) is 3.63. The molecule has 4 heteroatoms. The predicted molar refractivity (Wildman–Crippen MR) is 84.3 cm³/mol. The Morgan fingerprint density at radius 2 is 1.91 bits per heavy atom. The monoisotopic (exact) mass is 303 g/mol. The van der Waals surface area contributed by atoms with E-state index in [0.29, 0.717) is 0 Å². The quantitative estimate of drug-likeness (QED) is 0.899. The molecule has 22 heavy (non-hydrogen) atoms. The van der Waals surface area contributed by atoms with E-state index in [9.17, 15) is 9.90 Å². The Hall–Kier alpha value is -1.39. The van der Waals surface area contributed by atoms with Crippen LogP contribution < -0.4 is 5.32 Å². The number of hydrogen-bond acceptors (Lipinski definition) is 3. The van der Waals surface area contributed by atoms with Gasteiger partial charge in [0, 0.05) is 18.6 Å². The summed E-state index contributed by atoms with van der Waals surface area (Å²) in [5, 5.41) is 12.6. The highest BCUT2D eigenvalue weighted by Crippen LogP contribution is 2.33. The van der Waals surface area contributed by atoms with Crippen LogP contribution in [0.1, 0.15) is 50.2 Å². The van der Waals surface area contributed by atoms with E-state index in [1.807, 2.05) is 30.3 Å². The van der Waals surface area contributed by atoms with Gasteiger partial charge in [-0.05, 0) is 31.2 Å². The zero-order valence-electron chi connectivity index (χ0n) is 12.9. The summed E-state index contributed by atoms with van der Waals surface area (Å²) in [5.74, 6) is 0.188. The van der Waals surface area contributed by atoms with Gasteiger partial charge in [0.05, 0.1) is 6.10 Å². The number of nitrogens with one attached hydrogen (secondary N) is 1. The summed E-state index contributed by atoms with van der Waals surface area (Å²) >= 11 is 0. The van der Waals surface area contributed by atoms with Crippen LogP contribution in [0.3, 0.4) is 0 Å². The van der Waals surface area contributed by atoms with E-state index < -0.39 is 0 Å². The molecular formula is C18H25NO3. The number of carbonyl (C=O) groups excluding carboxylic acids is 1. The number of aliphatic hydroxyl groups is 1. The number of benzene rings is 1. The van der Waals surface area contributed by atoms with Crippen molar-refractivity contribution in [3.63, 3.8) is 0 Å². The van der Waals surface area contributed by atoms with Crippen molar-refractivity contribution in [3.8, 4) is 0 Å². The van der Waals surface area contributed by atoms with Crippen LogP contribution in [-0.2, 0) is 9.53 Å². The molecule has 120 valence electrons. The summed E-state index contributed by atoms with van der Waals surface area (Å²) in [4.78, 5) is 12.4. The number of ether oxygens (including phenoxy) is 1. The number of amides is 1. The lowest BCUT2D eigenvalue weighted by Gasteiger charge is -2.31. The molecule has 0 radical (unpaired) electrons. The van der Waals surface area contributed by atoms with Crippen molar-refractivity contribution < 1.29 is 14.6 Å². The van der Waals surface area contributed by atoms with E-state index in [1.54, 1.807) is 0 Å². The van der Waals surface area contributed by atoms with Gasteiger partial charge in [-0.3, -0.25) is 4.79 Å². The van der Waals surface area contributed by atoms with Crippen LogP contribution in [-0.4, -0.2) is 29.8 Å². The molecule has 2 fully saturated rings. The number of rotatable bonds is 4. The molecule has 1 aliphatic carbocycles. The third kappa shape index (κ3) is 3.50. The van der Waals surface area contributed by atoms with Gasteiger partial charge in [-0.25, -0.2) is 0 Å². The van der Waals surface area contributed by atoms with Gasteiger partial charge in [0.1, 0.15) is 6.10 Å². The summed E-state index contributed by atoms with van der Waals surface area (Å²) in [7, 11) is 0. The van der Waals surface area contributed by atoms with Crippen LogP contribution in [0.25, 0.3) is 0 Å². The van der Waals surface area contributed by atoms with Gasteiger partial charge < -0.3 is 15.2 Å². The molecule has 1 amide bonds. The lowest BCUT2D eigenvalue weighted by atomic mass is 9.85. The third-order valence-corrected chi connectivity index (χ3v) is 4.95. The first-order valence-corrected chi connectivity index (χ1v) is 8.39. The Kier molecular flexibility index (Phi) is 5.11. The molecule has 4 atom stereocenters. The van der Waals surface area contributed by atoms with Gasteiger partial charge in [0.25, 0.3) is 0 Å². The summed E-state index contributed by atoms with van der Waals surface area (Å²) in [6.45, 7) is 0.156. The van der Waals surface area contributed by atoms with Gasteiger partial charge in [-0.1, -0.05) is 43.2 Å². The minimum Gasteiger partial charge on any atom is -0.396 e. The fraction of sp³-hybridized carbons (Fsp3) is 0.611. The molecule has 0 aromatic heterocycles. The standard InChI is InChI=1S/C18H25NO3/c20-12-14-8-4-5-9-15(14)19-18(21)17-11-10-16(22-17)13-6-2-1-3-7-13/h1-3,6-7,14-17,20H,4-5,8-12H2,(H,19,21)/t14-,15+,16-,17+/m0/s1. The third-order valence-electron chi connectivity index (χ3n) is 4.95. The Morgan fingerprint density at radius 3 is 2.68 bits per heavy atom. The summed E-state index contributed by atoms with van der Waals surface area (Å²) in [5.41, 5.74) is 1.14. The molecule has 4 nitrogen and oxygen atoms in total. The molecule has 1 aromatic rings. The zero-order valence-corrected chi connectivity index (χ0v) is 12.9. The lowest BCUT2D eigenvalue weighted by Crippen LogP contribution is -2.47. The van der Waals surface area contributed by atoms with Crippen LogP contribution in [0.2, 0.25) is 0 Å². The van der Waals surface area contributed by atoms with Gasteiger partial charge in [0.15, 0.2) is 0 Å². The summed E-state index contributed by atoms with van der Waals surface area (Å²) in [6, 6.07) is 10.2. The predicted octanol–water partition coefficient (Wildman–Crippen LogP) is 2.57. The highest BCUT2D eigenvalue weighted by Gasteiger charge is 2.34. The van der Waals surface area contributed by atoms with E-state index in [0.717, 1.165) is 44.1 Å². The lowest BCUT2D eigenvalue weighted by molar-refractivity contribution is -0.133. The molecular weight excluding hydrogens is 278 g/mol. The molecule has 1 heterocycles. The van der Waals surface area contributed by atoms with Crippen molar-refractivity contribution in [3.05, 3.63) is 35.9 Å². The highest BCUT2D eigenvalue weighted by atomic mass is 16.5. The maximum Gasteiger partial charge on any atom is 0.249 e. The Labute approximate surface area is 131 Å². The minimum absolute atomic E-state index is 0.0104. The number of carbonyl (C=O) groups is 1. The first-order chi connectivity index (χ1) is 10.8. The highest BCUT2D eigenvalue weighted by molar-refractivity contribution is 5.81. The Morgan fingerprint density at radius 1 is 1.14 bits per heavy atom. The maximum absolute atomic E-state index is 12.4. The molecule has 2 aliphatic rings. The van der Waals surface area contributed by atoms with Crippen LogP contribution >= 0.6 is 0 Å². The van der Waals surface area contributed by atoms with Crippen molar-refractivity contribution in [2.75, 3.05) is 6.61 Å². The average molecular weight is 303 g/mol. The second-order valence-electron chi connectivity index (χ2n) is 6.44. The van der Waals surface area contributed by atoms with Gasteiger partial charge in [0.2, 0.25) is 5.91 Å². The maximum atomic E-state index is 12.4. The van der Waals surface area contributed by atoms with E-state index >= 15 is 0 Å². The average Bonchev–Trinajstić information content (AvgIpc) is 3.06. The van der Waals surface area contributed by atoms with Crippen molar-refractivity contribution in [1.82, 2.24) is 5.32 Å². The second-order valence-corrected chi connectivity index (χ2v) is 6.44. The molecule has 2 N–H and O–H groups in total. The zero-order chi connectivity index (χ0) is 15.4. The van der Waals surface area contributed by atoms with E-state index in [2.05, 4.69) is 5.32 Å². The molecule has 0 spiro atoms. The van der Waals surface area contributed by atoms with E-state index in [4.69, 9.17) is 4.74 Å². The van der Waals surface area contributed by atoms with Crippen LogP contribution in [0.4, 0.5) is 0 Å². The fourth-order valence-corrected chi connectivity index (χ4v) is 3.63. The molecule has 1 saturated carbocycles. The van der Waals surface area contributed by atoms with Crippen molar-refractivity contribution in [1.29, 1.82) is 0 Å². The second kappa shape index (κ2) is 7.25. The summed E-state index contributed by atoms with van der Waals surface area (Å²) in [6.07, 6.45) is 5.56. The van der Waals surface area contributed by atoms with E-state index in [1.165, 1.54) is 0 Å². The normalized spacial score (nSPS) is 31.9. The topological polar surface area (TPSA) is 58.6 Å². The Bertz CT molecular complexity index is 490. The van der Waals surface area contributed by atoms with Gasteiger partial charge in [-0.15, -0.1) is 0 Å². The van der Waals surface area contributed by atoms with Gasteiger partial charge in [-0.2, -0.15) is 0 Å². The van der Waals surface area contributed by atoms with Crippen LogP contribution in [0.15, 0.2) is 30.3 Å². The van der Waals surface area contributed by atoms with Crippen molar-refractivity contribution in [2.24, 2.45) is 5.92 Å². The Balaban J connectivity index is 1.55. The SMILES string of the molecule is O=C(N[C@@H]1CCCC[C@H]1CO)[C@H]1CC[C@@H](c2ccccc2)O1. The van der Waals surface area contributed by atoms with Gasteiger partial charge >= 0.3 is 0 Å². The molecule has 0 bridgehead atoms. The number of hydrogen-bond donors (Lipinski definition) is 2.